The van der Waals surface area contributed by atoms with Crippen molar-refractivity contribution in [3.8, 4) is 6.07 Å². The van der Waals surface area contributed by atoms with Crippen molar-refractivity contribution in [2.45, 2.75) is 72.0 Å². The summed E-state index contributed by atoms with van der Waals surface area (Å²) in [6, 6.07) is 5.20. The maximum atomic E-state index is 14.2. The molecule has 0 radical (unpaired) electrons. The minimum atomic E-state index is -5.84. The first-order valence-corrected chi connectivity index (χ1v) is 12.2. The third kappa shape index (κ3) is 4.70. The Kier molecular flexibility index (Phi) is 6.74. The van der Waals surface area contributed by atoms with Gasteiger partial charge < -0.3 is 10.1 Å². The number of rotatable bonds is 6. The molecule has 3 aliphatic rings. The zero-order valence-corrected chi connectivity index (χ0v) is 18.9. The molecule has 34 heavy (non-hydrogen) atoms. The maximum absolute atomic E-state index is 14.2. The highest BCUT2D eigenvalue weighted by Crippen LogP contribution is 2.46. The predicted molar refractivity (Wildman–Crippen MR) is 111 cm³/mol. The van der Waals surface area contributed by atoms with Crippen molar-refractivity contribution in [1.82, 2.24) is 10.2 Å². The molecule has 0 aromatic heterocycles. The quantitative estimate of drug-likeness (QED) is 0.601. The van der Waals surface area contributed by atoms with E-state index < -0.39 is 56.1 Å². The summed E-state index contributed by atoms with van der Waals surface area (Å²) in [5.41, 5.74) is -2.26. The number of nitriles is 1. The SMILES string of the molecule is N#CC1(NC(=O)C2CC(S(=O)c3ccccc3C(F)(F)C(F)(F)F)CN2C2CCOCC2)CC1. The van der Waals surface area contributed by atoms with Gasteiger partial charge in [0.15, 0.2) is 0 Å². The number of ether oxygens (including phenoxy) is 1. The van der Waals surface area contributed by atoms with Gasteiger partial charge in [-0.15, -0.1) is 0 Å². The van der Waals surface area contributed by atoms with Crippen molar-refractivity contribution in [1.29, 1.82) is 5.26 Å². The van der Waals surface area contributed by atoms with Crippen LogP contribution in [0.3, 0.4) is 0 Å². The molecule has 12 heteroatoms. The van der Waals surface area contributed by atoms with Crippen LogP contribution in [0.4, 0.5) is 22.0 Å². The molecule has 1 saturated carbocycles. The van der Waals surface area contributed by atoms with Crippen LogP contribution >= 0.6 is 0 Å². The Hall–Kier alpha value is -2.10. The van der Waals surface area contributed by atoms with E-state index >= 15 is 0 Å². The van der Waals surface area contributed by atoms with Gasteiger partial charge in [0, 0.05) is 36.3 Å². The zero-order chi connectivity index (χ0) is 24.7. The number of amides is 1. The van der Waals surface area contributed by atoms with Crippen LogP contribution in [0.5, 0.6) is 0 Å². The lowest BCUT2D eigenvalue weighted by atomic mass is 10.1. The van der Waals surface area contributed by atoms with Crippen molar-refractivity contribution < 1.29 is 35.7 Å². The van der Waals surface area contributed by atoms with Gasteiger partial charge in [-0.25, -0.2) is 0 Å². The third-order valence-electron chi connectivity index (χ3n) is 6.69. The van der Waals surface area contributed by atoms with Gasteiger partial charge in [-0.1, -0.05) is 18.2 Å². The van der Waals surface area contributed by atoms with Crippen LogP contribution in [0.2, 0.25) is 0 Å². The number of alkyl halides is 5. The molecule has 1 aliphatic carbocycles. The third-order valence-corrected chi connectivity index (χ3v) is 8.43. The summed E-state index contributed by atoms with van der Waals surface area (Å²) >= 11 is 0. The molecule has 2 saturated heterocycles. The summed E-state index contributed by atoms with van der Waals surface area (Å²) < 4.78 is 86.3. The highest BCUT2D eigenvalue weighted by molar-refractivity contribution is 7.85. The van der Waals surface area contributed by atoms with E-state index in [-0.39, 0.29) is 19.0 Å². The fraction of sp³-hybridized carbons (Fsp3) is 0.636. The van der Waals surface area contributed by atoms with Gasteiger partial charge in [0.05, 0.1) is 28.2 Å². The van der Waals surface area contributed by atoms with E-state index in [1.165, 1.54) is 6.07 Å². The Balaban J connectivity index is 1.61. The van der Waals surface area contributed by atoms with Crippen molar-refractivity contribution in [2.75, 3.05) is 19.8 Å². The number of hydrogen-bond donors (Lipinski definition) is 1. The number of likely N-dealkylation sites (tertiary alicyclic amines) is 1. The monoisotopic (exact) mass is 505 g/mol. The average Bonchev–Trinajstić information content (AvgIpc) is 3.44. The van der Waals surface area contributed by atoms with Crippen LogP contribution in [0, 0.1) is 11.3 Å². The number of carbonyl (C=O) groups excluding carboxylic acids is 1. The fourth-order valence-corrected chi connectivity index (χ4v) is 6.25. The summed E-state index contributed by atoms with van der Waals surface area (Å²) in [5.74, 6) is -5.58. The highest BCUT2D eigenvalue weighted by Gasteiger charge is 2.60. The normalized spacial score (nSPS) is 26.6. The van der Waals surface area contributed by atoms with Crippen molar-refractivity contribution >= 4 is 16.7 Å². The Labute approximate surface area is 195 Å². The minimum absolute atomic E-state index is 0.0171. The smallest absolute Gasteiger partial charge is 0.381 e. The number of halogens is 5. The maximum Gasteiger partial charge on any atom is 0.458 e. The predicted octanol–water partition coefficient (Wildman–Crippen LogP) is 3.24. The Morgan fingerprint density at radius 2 is 1.82 bits per heavy atom. The fourth-order valence-electron chi connectivity index (χ4n) is 4.60. The molecule has 3 atom stereocenters. The second-order valence-corrected chi connectivity index (χ2v) is 10.7. The molecule has 6 nitrogen and oxygen atoms in total. The first kappa shape index (κ1) is 25.0. The Morgan fingerprint density at radius 1 is 1.18 bits per heavy atom. The largest absolute Gasteiger partial charge is 0.458 e. The molecule has 4 rings (SSSR count). The molecule has 1 amide bonds. The first-order chi connectivity index (χ1) is 16.0. The number of nitrogens with zero attached hydrogens (tertiary/aromatic N) is 2. The molecule has 3 fully saturated rings. The number of hydrogen-bond acceptors (Lipinski definition) is 5. The van der Waals surface area contributed by atoms with Crippen LogP contribution in [0.1, 0.15) is 37.7 Å². The number of carbonyl (C=O) groups is 1. The average molecular weight is 506 g/mol. The van der Waals surface area contributed by atoms with E-state index in [2.05, 4.69) is 11.4 Å². The van der Waals surface area contributed by atoms with Gasteiger partial charge in [-0.05, 0) is 38.2 Å². The van der Waals surface area contributed by atoms with Gasteiger partial charge in [-0.2, -0.15) is 27.2 Å². The molecule has 1 aromatic carbocycles. The van der Waals surface area contributed by atoms with Crippen LogP contribution in [-0.2, 0) is 26.3 Å². The van der Waals surface area contributed by atoms with Gasteiger partial charge >= 0.3 is 12.1 Å². The summed E-state index contributed by atoms with van der Waals surface area (Å²) in [5, 5.41) is 11.2. The molecule has 1 N–H and O–H groups in total. The number of benzene rings is 1. The van der Waals surface area contributed by atoms with Crippen LogP contribution < -0.4 is 5.32 Å². The standard InChI is InChI=1S/C22H24F5N3O3S/c23-21(24,22(25,26)27)16-3-1-2-4-18(16)34(32)15-11-17(19(31)29-20(13-28)7-8-20)30(12-15)14-5-9-33-10-6-14/h1-4,14-15,17H,5-12H2,(H,29,31). The summed E-state index contributed by atoms with van der Waals surface area (Å²) in [7, 11) is -2.22. The number of nitrogens with one attached hydrogen (secondary N) is 1. The van der Waals surface area contributed by atoms with E-state index in [0.717, 1.165) is 12.1 Å². The molecular formula is C22H24F5N3O3S. The highest BCUT2D eigenvalue weighted by atomic mass is 32.2. The molecule has 3 unspecified atom stereocenters. The topological polar surface area (TPSA) is 82.4 Å². The summed E-state index contributed by atoms with van der Waals surface area (Å²) in [4.78, 5) is 14.3. The molecule has 2 heterocycles. The lowest BCUT2D eigenvalue weighted by Gasteiger charge is -2.35. The van der Waals surface area contributed by atoms with E-state index in [0.29, 0.717) is 45.0 Å². The van der Waals surface area contributed by atoms with Crippen LogP contribution in [0.15, 0.2) is 29.2 Å². The van der Waals surface area contributed by atoms with Gasteiger partial charge in [0.25, 0.3) is 0 Å². The van der Waals surface area contributed by atoms with Crippen molar-refractivity contribution in [3.63, 3.8) is 0 Å². The molecular weight excluding hydrogens is 481 g/mol. The Morgan fingerprint density at radius 3 is 2.41 bits per heavy atom. The zero-order valence-electron chi connectivity index (χ0n) is 18.1. The molecule has 1 aromatic rings. The lowest BCUT2D eigenvalue weighted by Crippen LogP contribution is -2.51. The second kappa shape index (κ2) is 9.17. The summed E-state index contributed by atoms with van der Waals surface area (Å²) in [6.45, 7) is 1.03. The van der Waals surface area contributed by atoms with Crippen molar-refractivity contribution in [3.05, 3.63) is 29.8 Å². The molecule has 186 valence electrons. The Bertz CT molecular complexity index is 1000. The van der Waals surface area contributed by atoms with Crippen LogP contribution in [0.25, 0.3) is 0 Å². The molecule has 0 bridgehead atoms. The van der Waals surface area contributed by atoms with Gasteiger partial charge in [-0.3, -0.25) is 13.9 Å². The van der Waals surface area contributed by atoms with E-state index in [1.54, 1.807) is 0 Å². The van der Waals surface area contributed by atoms with Gasteiger partial charge in [0.2, 0.25) is 5.91 Å². The first-order valence-electron chi connectivity index (χ1n) is 11.0. The second-order valence-electron chi connectivity index (χ2n) is 8.96. The minimum Gasteiger partial charge on any atom is -0.381 e. The summed E-state index contributed by atoms with van der Waals surface area (Å²) in [6.07, 6.45) is -3.56. The molecule has 2 aliphatic heterocycles. The van der Waals surface area contributed by atoms with Gasteiger partial charge in [0.1, 0.15) is 5.54 Å². The lowest BCUT2D eigenvalue weighted by molar-refractivity contribution is -0.290. The van der Waals surface area contributed by atoms with E-state index in [9.17, 15) is 36.2 Å². The van der Waals surface area contributed by atoms with E-state index in [4.69, 9.17) is 4.74 Å². The van der Waals surface area contributed by atoms with E-state index in [1.807, 2.05) is 4.90 Å². The van der Waals surface area contributed by atoms with Crippen LogP contribution in [-0.4, -0.2) is 63.8 Å². The molecule has 0 spiro atoms. The van der Waals surface area contributed by atoms with Crippen molar-refractivity contribution in [2.24, 2.45) is 0 Å².